The number of nitrogens with one attached hydrogen (secondary N) is 2. The number of hydrogen-bond acceptors (Lipinski definition) is 7. The fourth-order valence-corrected chi connectivity index (χ4v) is 2.71. The molecule has 3 amide bonds. The van der Waals surface area contributed by atoms with E-state index in [-0.39, 0.29) is 13.0 Å². The second-order valence-electron chi connectivity index (χ2n) is 6.02. The summed E-state index contributed by atoms with van der Waals surface area (Å²) in [4.78, 5) is 59.2. The first-order valence-electron chi connectivity index (χ1n) is 8.37. The van der Waals surface area contributed by atoms with E-state index in [9.17, 15) is 29.1 Å². The highest BCUT2D eigenvalue weighted by Crippen LogP contribution is 2.17. The number of carboxylic acids is 2. The molecule has 3 unspecified atom stereocenters. The number of amides is 3. The number of rotatable bonds is 10. The molecule has 12 heteroatoms. The van der Waals surface area contributed by atoms with Gasteiger partial charge in [0.1, 0.15) is 18.1 Å². The summed E-state index contributed by atoms with van der Waals surface area (Å²) in [5.74, 6) is -4.73. The first kappa shape index (κ1) is 22.3. The number of carboxylic acid groups (broad SMARTS) is 2. The monoisotopic (exact) mass is 388 g/mol. The normalized spacial score (nSPS) is 18.4. The van der Waals surface area contributed by atoms with Crippen molar-refractivity contribution in [2.45, 2.75) is 43.8 Å². The van der Waals surface area contributed by atoms with E-state index < -0.39 is 60.8 Å². The quantitative estimate of drug-likeness (QED) is 0.223. The average molecular weight is 388 g/mol. The number of nitrogens with zero attached hydrogens (tertiary/aromatic N) is 1. The molecular weight excluding hydrogens is 364 g/mol. The summed E-state index contributed by atoms with van der Waals surface area (Å²) in [7, 11) is 0. The van der Waals surface area contributed by atoms with Gasteiger partial charge in [0.25, 0.3) is 0 Å². The van der Waals surface area contributed by atoms with Gasteiger partial charge in [-0.15, -0.1) is 0 Å². The van der Waals surface area contributed by atoms with Gasteiger partial charge in [0.05, 0.1) is 13.2 Å². The molecule has 1 aliphatic heterocycles. The SMILES string of the molecule is NCC(=O)N1CCCC1C(=O)NC(CO)C(=O)NC(CCC(=O)O)C(=O)O. The summed E-state index contributed by atoms with van der Waals surface area (Å²) in [6.07, 6.45) is 0.110. The fraction of sp³-hybridized carbons (Fsp3) is 0.667. The molecule has 1 heterocycles. The Kier molecular flexibility index (Phi) is 8.62. The average Bonchev–Trinajstić information content (AvgIpc) is 3.11. The maximum absolute atomic E-state index is 12.4. The van der Waals surface area contributed by atoms with Crippen molar-refractivity contribution in [1.82, 2.24) is 15.5 Å². The smallest absolute Gasteiger partial charge is 0.326 e. The first-order valence-corrected chi connectivity index (χ1v) is 8.37. The van der Waals surface area contributed by atoms with E-state index in [2.05, 4.69) is 10.6 Å². The Hall–Kier alpha value is -2.73. The van der Waals surface area contributed by atoms with Crippen LogP contribution in [0.5, 0.6) is 0 Å². The zero-order chi connectivity index (χ0) is 20.6. The van der Waals surface area contributed by atoms with Crippen molar-refractivity contribution in [3.8, 4) is 0 Å². The van der Waals surface area contributed by atoms with Crippen LogP contribution in [0.1, 0.15) is 25.7 Å². The summed E-state index contributed by atoms with van der Waals surface area (Å²) in [5.41, 5.74) is 5.30. The third kappa shape index (κ3) is 6.49. The van der Waals surface area contributed by atoms with Crippen LogP contribution in [0.15, 0.2) is 0 Å². The van der Waals surface area contributed by atoms with E-state index in [1.165, 1.54) is 4.90 Å². The van der Waals surface area contributed by atoms with Crippen molar-refractivity contribution in [2.24, 2.45) is 5.73 Å². The topological polar surface area (TPSA) is 199 Å². The largest absolute Gasteiger partial charge is 0.481 e. The van der Waals surface area contributed by atoms with Crippen LogP contribution in [0.2, 0.25) is 0 Å². The summed E-state index contributed by atoms with van der Waals surface area (Å²) in [6.45, 7) is -0.724. The molecule has 1 saturated heterocycles. The third-order valence-electron chi connectivity index (χ3n) is 4.13. The van der Waals surface area contributed by atoms with Crippen molar-refractivity contribution in [1.29, 1.82) is 0 Å². The predicted molar refractivity (Wildman–Crippen MR) is 89.2 cm³/mol. The molecule has 0 aromatic carbocycles. The van der Waals surface area contributed by atoms with Gasteiger partial charge in [0, 0.05) is 13.0 Å². The summed E-state index contributed by atoms with van der Waals surface area (Å²) >= 11 is 0. The highest BCUT2D eigenvalue weighted by atomic mass is 16.4. The standard InChI is InChI=1S/C15H24N4O8/c16-6-11(21)19-5-1-2-10(19)14(25)18-9(7-20)13(24)17-8(15(26)27)3-4-12(22)23/h8-10,20H,1-7,16H2,(H,17,24)(H,18,25)(H,22,23)(H,26,27). The lowest BCUT2D eigenvalue weighted by Crippen LogP contribution is -2.56. The summed E-state index contributed by atoms with van der Waals surface area (Å²) < 4.78 is 0. The second-order valence-corrected chi connectivity index (χ2v) is 6.02. The van der Waals surface area contributed by atoms with E-state index in [1.807, 2.05) is 0 Å². The molecule has 1 fully saturated rings. The van der Waals surface area contributed by atoms with Gasteiger partial charge in [-0.1, -0.05) is 0 Å². The molecule has 27 heavy (non-hydrogen) atoms. The predicted octanol–water partition coefficient (Wildman–Crippen LogP) is -3.15. The molecule has 7 N–H and O–H groups in total. The van der Waals surface area contributed by atoms with Crippen LogP contribution in [0.3, 0.4) is 0 Å². The van der Waals surface area contributed by atoms with Crippen molar-refractivity contribution < 1.29 is 39.3 Å². The van der Waals surface area contributed by atoms with Crippen molar-refractivity contribution in [2.75, 3.05) is 19.7 Å². The molecular formula is C15H24N4O8. The minimum Gasteiger partial charge on any atom is -0.481 e. The number of nitrogens with two attached hydrogens (primary N) is 1. The third-order valence-corrected chi connectivity index (χ3v) is 4.13. The minimum absolute atomic E-state index is 0.266. The van der Waals surface area contributed by atoms with Gasteiger partial charge >= 0.3 is 11.9 Å². The number of carbonyl (C=O) groups is 5. The zero-order valence-electron chi connectivity index (χ0n) is 14.6. The van der Waals surface area contributed by atoms with E-state index in [0.29, 0.717) is 19.4 Å². The van der Waals surface area contributed by atoms with Gasteiger partial charge < -0.3 is 36.6 Å². The van der Waals surface area contributed by atoms with E-state index in [0.717, 1.165) is 0 Å². The Morgan fingerprint density at radius 2 is 1.78 bits per heavy atom. The Morgan fingerprint density at radius 1 is 1.11 bits per heavy atom. The lowest BCUT2D eigenvalue weighted by Gasteiger charge is -2.26. The Bertz CT molecular complexity index is 596. The highest BCUT2D eigenvalue weighted by Gasteiger charge is 2.35. The number of hydrogen-bond donors (Lipinski definition) is 6. The maximum atomic E-state index is 12.4. The lowest BCUT2D eigenvalue weighted by atomic mass is 10.1. The van der Waals surface area contributed by atoms with Crippen LogP contribution < -0.4 is 16.4 Å². The van der Waals surface area contributed by atoms with Gasteiger partial charge in [-0.3, -0.25) is 19.2 Å². The molecule has 0 saturated carbocycles. The van der Waals surface area contributed by atoms with Crippen LogP contribution in [-0.2, 0) is 24.0 Å². The minimum atomic E-state index is -1.48. The van der Waals surface area contributed by atoms with Gasteiger partial charge in [-0.05, 0) is 19.3 Å². The molecule has 152 valence electrons. The Morgan fingerprint density at radius 3 is 2.30 bits per heavy atom. The van der Waals surface area contributed by atoms with E-state index in [4.69, 9.17) is 15.9 Å². The molecule has 0 radical (unpaired) electrons. The van der Waals surface area contributed by atoms with Gasteiger partial charge in [0.2, 0.25) is 17.7 Å². The van der Waals surface area contributed by atoms with E-state index in [1.54, 1.807) is 0 Å². The van der Waals surface area contributed by atoms with Crippen LogP contribution >= 0.6 is 0 Å². The van der Waals surface area contributed by atoms with Crippen LogP contribution in [0.4, 0.5) is 0 Å². The molecule has 0 bridgehead atoms. The second kappa shape index (κ2) is 10.4. The van der Waals surface area contributed by atoms with Gasteiger partial charge in [0.15, 0.2) is 0 Å². The highest BCUT2D eigenvalue weighted by molar-refractivity contribution is 5.94. The number of aliphatic hydroxyl groups excluding tert-OH is 1. The molecule has 3 atom stereocenters. The van der Waals surface area contributed by atoms with E-state index >= 15 is 0 Å². The number of aliphatic hydroxyl groups is 1. The summed E-state index contributed by atoms with van der Waals surface area (Å²) in [5, 5.41) is 31.4. The lowest BCUT2D eigenvalue weighted by molar-refractivity contribution is -0.144. The van der Waals surface area contributed by atoms with Crippen molar-refractivity contribution >= 4 is 29.7 Å². The van der Waals surface area contributed by atoms with Crippen LogP contribution in [-0.4, -0.2) is 87.7 Å². The number of carbonyl (C=O) groups excluding carboxylic acids is 3. The summed E-state index contributed by atoms with van der Waals surface area (Å²) in [6, 6.07) is -3.76. The Labute approximate surface area is 154 Å². The fourth-order valence-electron chi connectivity index (χ4n) is 2.71. The maximum Gasteiger partial charge on any atom is 0.326 e. The number of aliphatic carboxylic acids is 2. The molecule has 1 aliphatic rings. The zero-order valence-corrected chi connectivity index (χ0v) is 14.6. The van der Waals surface area contributed by atoms with Gasteiger partial charge in [-0.2, -0.15) is 0 Å². The molecule has 12 nitrogen and oxygen atoms in total. The molecule has 0 spiro atoms. The van der Waals surface area contributed by atoms with Crippen molar-refractivity contribution in [3.05, 3.63) is 0 Å². The molecule has 0 aromatic heterocycles. The number of likely N-dealkylation sites (tertiary alicyclic amines) is 1. The molecule has 1 rings (SSSR count). The Balaban J connectivity index is 2.71. The van der Waals surface area contributed by atoms with Crippen LogP contribution in [0.25, 0.3) is 0 Å². The van der Waals surface area contributed by atoms with Crippen molar-refractivity contribution in [3.63, 3.8) is 0 Å². The van der Waals surface area contributed by atoms with Gasteiger partial charge in [-0.25, -0.2) is 4.79 Å². The molecule has 0 aromatic rings. The first-order chi connectivity index (χ1) is 12.7. The molecule has 0 aliphatic carbocycles. The van der Waals surface area contributed by atoms with Crippen LogP contribution in [0, 0.1) is 0 Å².